The minimum Gasteiger partial charge on any atom is -0.481 e. The Morgan fingerprint density at radius 3 is 2.25 bits per heavy atom. The first-order valence-electron chi connectivity index (χ1n) is 4.57. The Hall–Kier alpha value is -1.07. The number of aliphatic carboxylic acids is 1. The molecule has 1 unspecified atom stereocenters. The number of benzene rings is 1. The summed E-state index contributed by atoms with van der Waals surface area (Å²) in [7, 11) is 1.44. The van der Waals surface area contributed by atoms with E-state index in [1.54, 1.807) is 19.1 Å². The second-order valence-electron chi connectivity index (χ2n) is 3.53. The molecule has 1 N–H and O–H groups in total. The largest absolute Gasteiger partial charge is 0.481 e. The standard InChI is InChI=1S/C10H11ClO4S/c1-7(10(12)13)6-8-2-4-9(5-3-8)16(11,14)15/h2-5,7H,6H2,1H3,(H,12,13). The van der Waals surface area contributed by atoms with Crippen molar-refractivity contribution in [3.05, 3.63) is 29.8 Å². The molecule has 1 rings (SSSR count). The summed E-state index contributed by atoms with van der Waals surface area (Å²) in [5.74, 6) is -1.38. The summed E-state index contributed by atoms with van der Waals surface area (Å²) in [5.41, 5.74) is 0.763. The highest BCUT2D eigenvalue weighted by Crippen LogP contribution is 2.17. The average molecular weight is 263 g/mol. The predicted octanol–water partition coefficient (Wildman–Crippen LogP) is 1.88. The Morgan fingerprint density at radius 2 is 1.88 bits per heavy atom. The molecule has 1 aromatic carbocycles. The molecule has 0 radical (unpaired) electrons. The number of hydrogen-bond donors (Lipinski definition) is 1. The van der Waals surface area contributed by atoms with E-state index in [9.17, 15) is 13.2 Å². The number of carboxylic acids is 1. The second-order valence-corrected chi connectivity index (χ2v) is 6.09. The lowest BCUT2D eigenvalue weighted by Gasteiger charge is -2.06. The Balaban J connectivity index is 2.84. The lowest BCUT2D eigenvalue weighted by Crippen LogP contribution is -2.12. The minimum absolute atomic E-state index is 0.0147. The van der Waals surface area contributed by atoms with Gasteiger partial charge in [0.25, 0.3) is 9.05 Å². The van der Waals surface area contributed by atoms with Crippen molar-refractivity contribution >= 4 is 25.7 Å². The SMILES string of the molecule is CC(Cc1ccc(S(=O)(=O)Cl)cc1)C(=O)O. The van der Waals surface area contributed by atoms with Gasteiger partial charge in [-0.15, -0.1) is 0 Å². The van der Waals surface area contributed by atoms with Gasteiger partial charge in [-0.25, -0.2) is 8.42 Å². The summed E-state index contributed by atoms with van der Waals surface area (Å²) in [6.45, 7) is 1.59. The fourth-order valence-corrected chi connectivity index (χ4v) is 2.00. The minimum atomic E-state index is -3.71. The van der Waals surface area contributed by atoms with E-state index in [1.807, 2.05) is 0 Å². The van der Waals surface area contributed by atoms with Crippen LogP contribution in [0, 0.1) is 5.92 Å². The summed E-state index contributed by atoms with van der Waals surface area (Å²) < 4.78 is 21.9. The first-order valence-corrected chi connectivity index (χ1v) is 6.88. The second kappa shape index (κ2) is 4.84. The highest BCUT2D eigenvalue weighted by molar-refractivity contribution is 8.13. The number of carbonyl (C=O) groups is 1. The number of rotatable bonds is 4. The fourth-order valence-electron chi connectivity index (χ4n) is 1.23. The highest BCUT2D eigenvalue weighted by Gasteiger charge is 2.13. The molecule has 0 aliphatic rings. The van der Waals surface area contributed by atoms with Gasteiger partial charge in [0.1, 0.15) is 0 Å². The van der Waals surface area contributed by atoms with Crippen LogP contribution in [0.2, 0.25) is 0 Å². The van der Waals surface area contributed by atoms with Gasteiger partial charge < -0.3 is 5.11 Å². The van der Waals surface area contributed by atoms with Gasteiger partial charge in [-0.1, -0.05) is 19.1 Å². The maximum atomic E-state index is 10.9. The molecule has 0 saturated heterocycles. The average Bonchev–Trinajstić information content (AvgIpc) is 2.17. The van der Waals surface area contributed by atoms with E-state index in [0.717, 1.165) is 5.56 Å². The lowest BCUT2D eigenvalue weighted by molar-refractivity contribution is -0.141. The van der Waals surface area contributed by atoms with Gasteiger partial charge in [-0.3, -0.25) is 4.79 Å². The van der Waals surface area contributed by atoms with Crippen LogP contribution in [0.1, 0.15) is 12.5 Å². The highest BCUT2D eigenvalue weighted by atomic mass is 35.7. The van der Waals surface area contributed by atoms with Gasteiger partial charge in [0.15, 0.2) is 0 Å². The number of halogens is 1. The monoisotopic (exact) mass is 262 g/mol. The molecule has 0 spiro atoms. The molecule has 4 nitrogen and oxygen atoms in total. The van der Waals surface area contributed by atoms with Gasteiger partial charge in [-0.2, -0.15) is 0 Å². The van der Waals surface area contributed by atoms with Gasteiger partial charge >= 0.3 is 5.97 Å². The summed E-state index contributed by atoms with van der Waals surface area (Å²) in [6, 6.07) is 5.86. The molecule has 0 bridgehead atoms. The van der Waals surface area contributed by atoms with Crippen LogP contribution in [0.4, 0.5) is 0 Å². The van der Waals surface area contributed by atoms with E-state index in [1.165, 1.54) is 12.1 Å². The van der Waals surface area contributed by atoms with Crippen molar-refractivity contribution in [3.8, 4) is 0 Å². The van der Waals surface area contributed by atoms with Crippen molar-refractivity contribution in [2.75, 3.05) is 0 Å². The van der Waals surface area contributed by atoms with Gasteiger partial charge in [0, 0.05) is 10.7 Å². The zero-order chi connectivity index (χ0) is 12.3. The topological polar surface area (TPSA) is 71.4 Å². The van der Waals surface area contributed by atoms with Crippen LogP contribution < -0.4 is 0 Å². The maximum Gasteiger partial charge on any atom is 0.306 e. The molecule has 0 saturated carbocycles. The van der Waals surface area contributed by atoms with Crippen LogP contribution in [-0.4, -0.2) is 19.5 Å². The van der Waals surface area contributed by atoms with Gasteiger partial charge in [0.05, 0.1) is 10.8 Å². The third-order valence-electron chi connectivity index (χ3n) is 2.17. The Kier molecular flexibility index (Phi) is 3.93. The fraction of sp³-hybridized carbons (Fsp3) is 0.300. The molecular formula is C10H11ClO4S. The van der Waals surface area contributed by atoms with Crippen LogP contribution in [0.25, 0.3) is 0 Å². The molecule has 0 aromatic heterocycles. The lowest BCUT2D eigenvalue weighted by atomic mass is 10.0. The van der Waals surface area contributed by atoms with E-state index in [4.69, 9.17) is 15.8 Å². The smallest absolute Gasteiger partial charge is 0.306 e. The predicted molar refractivity (Wildman–Crippen MR) is 60.0 cm³/mol. The number of hydrogen-bond acceptors (Lipinski definition) is 3. The van der Waals surface area contributed by atoms with E-state index < -0.39 is 20.9 Å². The van der Waals surface area contributed by atoms with Gasteiger partial charge in [0.2, 0.25) is 0 Å². The summed E-state index contributed by atoms with van der Waals surface area (Å²) in [5, 5.41) is 8.71. The molecule has 0 aliphatic carbocycles. The van der Waals surface area contributed by atoms with E-state index in [0.29, 0.717) is 6.42 Å². The third kappa shape index (κ3) is 3.50. The van der Waals surface area contributed by atoms with Crippen molar-refractivity contribution in [2.45, 2.75) is 18.2 Å². The van der Waals surface area contributed by atoms with Crippen molar-refractivity contribution in [2.24, 2.45) is 5.92 Å². The molecule has 0 aliphatic heterocycles. The zero-order valence-corrected chi connectivity index (χ0v) is 10.1. The molecule has 0 heterocycles. The van der Waals surface area contributed by atoms with E-state index in [-0.39, 0.29) is 4.90 Å². The molecule has 1 aromatic rings. The van der Waals surface area contributed by atoms with Crippen molar-refractivity contribution in [1.82, 2.24) is 0 Å². The van der Waals surface area contributed by atoms with Crippen LogP contribution in [0.15, 0.2) is 29.2 Å². The third-order valence-corrected chi connectivity index (χ3v) is 3.54. The van der Waals surface area contributed by atoms with E-state index in [2.05, 4.69) is 0 Å². The maximum absolute atomic E-state index is 10.9. The Labute approximate surface area is 98.3 Å². The quantitative estimate of drug-likeness (QED) is 0.841. The van der Waals surface area contributed by atoms with Crippen LogP contribution >= 0.6 is 10.7 Å². The van der Waals surface area contributed by atoms with Crippen molar-refractivity contribution in [3.63, 3.8) is 0 Å². The van der Waals surface area contributed by atoms with E-state index >= 15 is 0 Å². The van der Waals surface area contributed by atoms with Crippen LogP contribution in [0.3, 0.4) is 0 Å². The summed E-state index contributed by atoms with van der Waals surface area (Å²) in [6.07, 6.45) is 0.359. The normalized spacial score (nSPS) is 13.4. The van der Waals surface area contributed by atoms with Crippen molar-refractivity contribution < 1.29 is 18.3 Å². The Bertz CT molecular complexity index is 478. The van der Waals surface area contributed by atoms with Gasteiger partial charge in [-0.05, 0) is 24.1 Å². The van der Waals surface area contributed by atoms with Crippen LogP contribution in [-0.2, 0) is 20.3 Å². The molecule has 6 heteroatoms. The molecule has 0 amide bonds. The number of carboxylic acid groups (broad SMARTS) is 1. The summed E-state index contributed by atoms with van der Waals surface area (Å²) in [4.78, 5) is 10.6. The molecule has 0 fully saturated rings. The molecule has 88 valence electrons. The summed E-state index contributed by atoms with van der Waals surface area (Å²) >= 11 is 0. The molecular weight excluding hydrogens is 252 g/mol. The Morgan fingerprint density at radius 1 is 1.38 bits per heavy atom. The molecule has 1 atom stereocenters. The molecule has 16 heavy (non-hydrogen) atoms. The first-order chi connectivity index (χ1) is 7.30. The van der Waals surface area contributed by atoms with Crippen molar-refractivity contribution in [1.29, 1.82) is 0 Å². The zero-order valence-electron chi connectivity index (χ0n) is 8.55. The van der Waals surface area contributed by atoms with Crippen LogP contribution in [0.5, 0.6) is 0 Å². The first kappa shape index (κ1) is 13.0.